The highest BCUT2D eigenvalue weighted by Gasteiger charge is 2.12. The predicted octanol–water partition coefficient (Wildman–Crippen LogP) is 2.85. The van der Waals surface area contributed by atoms with Crippen LogP contribution in [0.1, 0.15) is 13.8 Å². The number of likely N-dealkylation sites (N-methyl/N-ethyl adjacent to an activating group) is 1. The van der Waals surface area contributed by atoms with Crippen LogP contribution in [-0.4, -0.2) is 47.2 Å². The van der Waals surface area contributed by atoms with Gasteiger partial charge in [0.2, 0.25) is 0 Å². The zero-order valence-electron chi connectivity index (χ0n) is 13.7. The number of hydrogen-bond donors (Lipinski definition) is 0. The summed E-state index contributed by atoms with van der Waals surface area (Å²) in [4.78, 5) is 13.8. The average molecular weight is 324 g/mol. The van der Waals surface area contributed by atoms with Crippen LogP contribution in [0.3, 0.4) is 0 Å². The zero-order valence-corrected chi connectivity index (χ0v) is 14.5. The number of carbonyl (C=O) groups is 1. The molecule has 0 unspecified atom stereocenters. The first-order valence-electron chi connectivity index (χ1n) is 7.03. The summed E-state index contributed by atoms with van der Waals surface area (Å²) in [6.45, 7) is 8.71. The van der Waals surface area contributed by atoms with Crippen LogP contribution in [0, 0.1) is 0 Å². The van der Waals surface area contributed by atoms with Crippen molar-refractivity contribution in [1.82, 2.24) is 4.90 Å². The molecule has 1 amide bonds. The molecule has 0 saturated carbocycles. The Kier molecular flexibility index (Phi) is 6.61. The van der Waals surface area contributed by atoms with Gasteiger partial charge in [0.05, 0.1) is 5.69 Å². The molecule has 0 spiro atoms. The zero-order chi connectivity index (χ0) is 16.8. The third-order valence-corrected chi connectivity index (χ3v) is 3.35. The van der Waals surface area contributed by atoms with Crippen molar-refractivity contribution in [2.75, 3.05) is 32.2 Å². The van der Waals surface area contributed by atoms with Crippen LogP contribution in [0.25, 0.3) is 0 Å². The predicted molar refractivity (Wildman–Crippen MR) is 91.1 cm³/mol. The topological polar surface area (TPSA) is 59.0 Å². The van der Waals surface area contributed by atoms with Crippen molar-refractivity contribution in [3.63, 3.8) is 0 Å². The fourth-order valence-electron chi connectivity index (χ4n) is 1.82. The number of ether oxygens (including phenoxy) is 1. The van der Waals surface area contributed by atoms with Crippen molar-refractivity contribution in [3.05, 3.63) is 36.4 Å². The van der Waals surface area contributed by atoms with Gasteiger partial charge in [-0.15, -0.1) is 0 Å². The summed E-state index contributed by atoms with van der Waals surface area (Å²) in [6.07, 6.45) is 3.14. The molecule has 1 aromatic rings. The lowest BCUT2D eigenvalue weighted by atomic mass is 10.3. The van der Waals surface area contributed by atoms with E-state index in [4.69, 9.17) is 4.74 Å². The van der Waals surface area contributed by atoms with Gasteiger partial charge >= 0.3 is 0 Å². The van der Waals surface area contributed by atoms with E-state index in [0.717, 1.165) is 5.57 Å². The first-order chi connectivity index (χ1) is 10.2. The Balaban J connectivity index is 2.72. The molecule has 0 aliphatic carbocycles. The summed E-state index contributed by atoms with van der Waals surface area (Å²) in [5.41, 5.74) is 1.51. The lowest BCUT2D eigenvalue weighted by Crippen LogP contribution is -2.35. The van der Waals surface area contributed by atoms with Gasteiger partial charge in [-0.1, -0.05) is 18.2 Å². The Morgan fingerprint density at radius 1 is 1.41 bits per heavy atom. The van der Waals surface area contributed by atoms with Gasteiger partial charge in [-0.25, -0.2) is 4.21 Å². The van der Waals surface area contributed by atoms with E-state index in [1.807, 2.05) is 13.8 Å². The first-order valence-corrected chi connectivity index (χ1v) is 9.36. The smallest absolute Gasteiger partial charge is 0.260 e. The Morgan fingerprint density at radius 2 is 2.09 bits per heavy atom. The molecule has 122 valence electrons. The highest BCUT2D eigenvalue weighted by Crippen LogP contribution is 2.21. The highest BCUT2D eigenvalue weighted by molar-refractivity contribution is 7.92. The number of hydrogen-bond acceptors (Lipinski definition) is 4. The van der Waals surface area contributed by atoms with Crippen LogP contribution in [0.5, 0.6) is 5.75 Å². The Morgan fingerprint density at radius 3 is 2.64 bits per heavy atom. The summed E-state index contributed by atoms with van der Waals surface area (Å²) in [6, 6.07) is 6.93. The van der Waals surface area contributed by atoms with Crippen LogP contribution >= 0.6 is 0 Å². The SMILES string of the molecule is C=C(C)CN(CC)C(=O)COc1cccc(N=S(C)(C)=O)c1. The van der Waals surface area contributed by atoms with E-state index in [9.17, 15) is 9.00 Å². The highest BCUT2D eigenvalue weighted by atomic mass is 32.2. The maximum absolute atomic E-state index is 12.1. The molecule has 0 atom stereocenters. The molecule has 1 rings (SSSR count). The van der Waals surface area contributed by atoms with E-state index in [1.54, 1.807) is 41.7 Å². The minimum atomic E-state index is -2.22. The fraction of sp³-hybridized carbons (Fsp3) is 0.438. The molecule has 0 bridgehead atoms. The second-order valence-electron chi connectivity index (χ2n) is 5.42. The average Bonchev–Trinajstić information content (AvgIpc) is 2.40. The van der Waals surface area contributed by atoms with Crippen LogP contribution in [0.15, 0.2) is 40.8 Å². The van der Waals surface area contributed by atoms with Gasteiger partial charge in [-0.3, -0.25) is 4.79 Å². The molecular formula is C16H24N2O3S. The maximum atomic E-state index is 12.1. The molecule has 0 aliphatic rings. The molecule has 0 aliphatic heterocycles. The molecule has 1 aromatic carbocycles. The number of carbonyl (C=O) groups excluding carboxylic acids is 1. The quantitative estimate of drug-likeness (QED) is 0.725. The van der Waals surface area contributed by atoms with Gasteiger partial charge in [-0.2, -0.15) is 4.36 Å². The van der Waals surface area contributed by atoms with Gasteiger partial charge in [-0.05, 0) is 26.0 Å². The normalized spacial score (nSPS) is 10.9. The molecule has 0 radical (unpaired) electrons. The van der Waals surface area contributed by atoms with Crippen molar-refractivity contribution in [3.8, 4) is 5.75 Å². The van der Waals surface area contributed by atoms with Crippen molar-refractivity contribution in [1.29, 1.82) is 0 Å². The van der Waals surface area contributed by atoms with Crippen LogP contribution in [0.4, 0.5) is 5.69 Å². The minimum Gasteiger partial charge on any atom is -0.484 e. The van der Waals surface area contributed by atoms with Gasteiger partial charge in [0.15, 0.2) is 6.61 Å². The molecule has 0 fully saturated rings. The monoisotopic (exact) mass is 324 g/mol. The summed E-state index contributed by atoms with van der Waals surface area (Å²) in [7, 11) is -2.22. The van der Waals surface area contributed by atoms with E-state index in [1.165, 1.54) is 0 Å². The van der Waals surface area contributed by atoms with Gasteiger partial charge in [0.25, 0.3) is 5.91 Å². The van der Waals surface area contributed by atoms with Crippen molar-refractivity contribution in [2.24, 2.45) is 4.36 Å². The molecule has 0 N–H and O–H groups in total. The summed E-state index contributed by atoms with van der Waals surface area (Å²) in [5.74, 6) is 0.437. The van der Waals surface area contributed by atoms with E-state index >= 15 is 0 Å². The molecule has 6 heteroatoms. The van der Waals surface area contributed by atoms with E-state index in [-0.39, 0.29) is 12.5 Å². The van der Waals surface area contributed by atoms with Crippen molar-refractivity contribution in [2.45, 2.75) is 13.8 Å². The lowest BCUT2D eigenvalue weighted by Gasteiger charge is -2.21. The third kappa shape index (κ3) is 6.76. The number of rotatable bonds is 7. The maximum Gasteiger partial charge on any atom is 0.260 e. The van der Waals surface area contributed by atoms with Crippen molar-refractivity contribution < 1.29 is 13.7 Å². The molecule has 22 heavy (non-hydrogen) atoms. The molecular weight excluding hydrogens is 300 g/mol. The van der Waals surface area contributed by atoms with Crippen LogP contribution < -0.4 is 4.74 Å². The lowest BCUT2D eigenvalue weighted by molar-refractivity contribution is -0.132. The minimum absolute atomic E-state index is 0.0435. The van der Waals surface area contributed by atoms with Crippen LogP contribution in [0.2, 0.25) is 0 Å². The molecule has 0 heterocycles. The molecule has 0 saturated heterocycles. The Hall–Kier alpha value is -1.82. The largest absolute Gasteiger partial charge is 0.484 e. The Bertz CT molecular complexity index is 653. The van der Waals surface area contributed by atoms with E-state index in [2.05, 4.69) is 10.9 Å². The molecule has 5 nitrogen and oxygen atoms in total. The summed E-state index contributed by atoms with van der Waals surface area (Å²) < 4.78 is 21.3. The second-order valence-corrected chi connectivity index (χ2v) is 7.97. The fourth-order valence-corrected chi connectivity index (χ4v) is 2.44. The first kappa shape index (κ1) is 18.2. The van der Waals surface area contributed by atoms with Gasteiger partial charge in [0, 0.05) is 41.4 Å². The standard InChI is InChI=1S/C16H24N2O3S/c1-6-18(11-13(2)3)16(19)12-21-15-9-7-8-14(10-15)17-22(4,5)20/h7-10H,2,6,11-12H2,1,3-5H3. The van der Waals surface area contributed by atoms with Gasteiger partial charge in [0.1, 0.15) is 5.75 Å². The number of benzene rings is 1. The van der Waals surface area contributed by atoms with Gasteiger partial charge < -0.3 is 9.64 Å². The summed E-state index contributed by atoms with van der Waals surface area (Å²) in [5, 5.41) is 0. The van der Waals surface area contributed by atoms with Crippen LogP contribution in [-0.2, 0) is 14.5 Å². The number of amides is 1. The number of nitrogens with zero attached hydrogens (tertiary/aromatic N) is 2. The van der Waals surface area contributed by atoms with Crippen molar-refractivity contribution >= 4 is 21.3 Å². The second kappa shape index (κ2) is 7.98. The third-order valence-electron chi connectivity index (χ3n) is 2.70. The summed E-state index contributed by atoms with van der Waals surface area (Å²) >= 11 is 0. The van der Waals surface area contributed by atoms with E-state index < -0.39 is 9.73 Å². The van der Waals surface area contributed by atoms with E-state index in [0.29, 0.717) is 24.5 Å². The molecule has 0 aromatic heterocycles. The Labute approximate surface area is 133 Å².